The third-order valence-electron chi connectivity index (χ3n) is 11.6. The molecule has 0 aliphatic rings. The molecule has 2 N–H and O–H groups in total. The van der Waals surface area contributed by atoms with E-state index in [1.165, 1.54) is 180 Å². The van der Waals surface area contributed by atoms with Crippen molar-refractivity contribution in [1.29, 1.82) is 0 Å². The Labute approximate surface area is 378 Å². The fourth-order valence-corrected chi connectivity index (χ4v) is 8.18. The summed E-state index contributed by atoms with van der Waals surface area (Å²) in [4.78, 5) is 25.4. The second-order valence-corrected chi connectivity index (χ2v) is 20.3. The zero-order valence-electron chi connectivity index (χ0n) is 40.9. The van der Waals surface area contributed by atoms with E-state index in [-0.39, 0.29) is 12.5 Å². The molecular formula is C52H101N2O6P. The molecule has 0 aromatic carbocycles. The summed E-state index contributed by atoms with van der Waals surface area (Å²) < 4.78 is 23.3. The van der Waals surface area contributed by atoms with Crippen molar-refractivity contribution in [3.05, 3.63) is 36.5 Å². The first-order chi connectivity index (χ1) is 29.5. The SMILES string of the molecule is CCCCCCCCC/C=C\CCCCCCCCCC(=O)NC(COP(=O)([O-])OCC[N+](C)(C)C)C(O)/C=C/CC/C=C/CCCCCCCCCCCCCCCCC. The van der Waals surface area contributed by atoms with Gasteiger partial charge in [0.25, 0.3) is 7.82 Å². The fourth-order valence-electron chi connectivity index (χ4n) is 7.46. The molecule has 0 aromatic rings. The largest absolute Gasteiger partial charge is 0.756 e. The van der Waals surface area contributed by atoms with Gasteiger partial charge in [0, 0.05) is 6.42 Å². The number of nitrogens with zero attached hydrogens (tertiary/aromatic N) is 1. The number of carbonyl (C=O) groups is 1. The number of hydrogen-bond donors (Lipinski definition) is 2. The van der Waals surface area contributed by atoms with Crippen molar-refractivity contribution < 1.29 is 32.9 Å². The van der Waals surface area contributed by atoms with Crippen LogP contribution in [0.25, 0.3) is 0 Å². The van der Waals surface area contributed by atoms with Gasteiger partial charge in [-0.2, -0.15) is 0 Å². The molecular weight excluding hydrogens is 780 g/mol. The Kier molecular flexibility index (Phi) is 43.0. The zero-order valence-corrected chi connectivity index (χ0v) is 41.8. The lowest BCUT2D eigenvalue weighted by atomic mass is 10.0. The summed E-state index contributed by atoms with van der Waals surface area (Å²) in [6.45, 7) is 4.64. The van der Waals surface area contributed by atoms with Gasteiger partial charge in [-0.05, 0) is 57.8 Å². The normalized spacial score (nSPS) is 14.4. The van der Waals surface area contributed by atoms with E-state index in [2.05, 4.69) is 43.5 Å². The van der Waals surface area contributed by atoms with E-state index < -0.39 is 26.6 Å². The van der Waals surface area contributed by atoms with E-state index in [0.29, 0.717) is 17.4 Å². The van der Waals surface area contributed by atoms with Crippen LogP contribution in [0.5, 0.6) is 0 Å². The Morgan fingerprint density at radius 3 is 1.33 bits per heavy atom. The molecule has 0 saturated heterocycles. The average Bonchev–Trinajstić information content (AvgIpc) is 3.21. The van der Waals surface area contributed by atoms with E-state index in [9.17, 15) is 19.4 Å². The van der Waals surface area contributed by atoms with Crippen LogP contribution in [0.2, 0.25) is 0 Å². The van der Waals surface area contributed by atoms with Crippen molar-refractivity contribution >= 4 is 13.7 Å². The molecule has 0 fully saturated rings. The van der Waals surface area contributed by atoms with Gasteiger partial charge in [0.05, 0.1) is 39.9 Å². The highest BCUT2D eigenvalue weighted by Gasteiger charge is 2.23. The van der Waals surface area contributed by atoms with E-state index >= 15 is 0 Å². The summed E-state index contributed by atoms with van der Waals surface area (Å²) in [6.07, 6.45) is 54.9. The van der Waals surface area contributed by atoms with Crippen LogP contribution >= 0.6 is 7.82 Å². The predicted molar refractivity (Wildman–Crippen MR) is 261 cm³/mol. The van der Waals surface area contributed by atoms with Gasteiger partial charge in [0.2, 0.25) is 5.91 Å². The van der Waals surface area contributed by atoms with Gasteiger partial charge in [-0.25, -0.2) is 0 Å². The summed E-state index contributed by atoms with van der Waals surface area (Å²) >= 11 is 0. The standard InChI is InChI=1S/C52H101N2O6P/c1-6-8-10-12-14-16-18-20-22-24-26-27-28-29-31-33-35-37-39-41-43-45-51(55)50(49-60-61(57,58)59-48-47-54(3,4)5)53-52(56)46-44-42-40-38-36-34-32-30-25-23-21-19-17-15-13-11-9-7-2/h23,25,35,37,43,45,50-51,55H,6-22,24,26-34,36,38-42,44,46-49H2,1-5H3,(H-,53,56,57,58)/b25-23-,37-35+,45-43+. The van der Waals surface area contributed by atoms with Crippen LogP contribution < -0.4 is 10.2 Å². The Bertz CT molecular complexity index is 1090. The molecule has 0 saturated carbocycles. The summed E-state index contributed by atoms with van der Waals surface area (Å²) in [7, 11) is 1.24. The number of aliphatic hydroxyl groups excluding tert-OH is 1. The number of phosphoric ester groups is 1. The molecule has 0 aromatic heterocycles. The lowest BCUT2D eigenvalue weighted by Gasteiger charge is -2.29. The van der Waals surface area contributed by atoms with E-state index in [0.717, 1.165) is 38.5 Å². The number of quaternary nitrogens is 1. The van der Waals surface area contributed by atoms with Crippen LogP contribution in [-0.2, 0) is 18.4 Å². The number of amides is 1. The Hall–Kier alpha value is -1.28. The van der Waals surface area contributed by atoms with Crippen LogP contribution in [0.15, 0.2) is 36.5 Å². The highest BCUT2D eigenvalue weighted by molar-refractivity contribution is 7.45. The van der Waals surface area contributed by atoms with Gasteiger partial charge in [-0.15, -0.1) is 0 Å². The first-order valence-electron chi connectivity index (χ1n) is 25.9. The number of aliphatic hydroxyl groups is 1. The minimum atomic E-state index is -4.60. The molecule has 8 nitrogen and oxygen atoms in total. The maximum absolute atomic E-state index is 12.9. The molecule has 0 aliphatic heterocycles. The minimum absolute atomic E-state index is 0.00682. The molecule has 0 bridgehead atoms. The summed E-state index contributed by atoms with van der Waals surface area (Å²) in [5.41, 5.74) is 0. The molecule has 3 unspecified atom stereocenters. The quantitative estimate of drug-likeness (QED) is 0.0273. The average molecular weight is 881 g/mol. The molecule has 61 heavy (non-hydrogen) atoms. The van der Waals surface area contributed by atoms with Crippen LogP contribution in [0.3, 0.4) is 0 Å². The number of unbranched alkanes of at least 4 members (excludes halogenated alkanes) is 30. The number of allylic oxidation sites excluding steroid dienone is 5. The van der Waals surface area contributed by atoms with Gasteiger partial charge >= 0.3 is 0 Å². The Morgan fingerprint density at radius 2 is 0.918 bits per heavy atom. The third kappa shape index (κ3) is 46.5. The molecule has 0 aliphatic carbocycles. The molecule has 0 rings (SSSR count). The minimum Gasteiger partial charge on any atom is -0.756 e. The molecule has 0 heterocycles. The Balaban J connectivity index is 4.36. The molecule has 1 amide bonds. The first kappa shape index (κ1) is 59.7. The van der Waals surface area contributed by atoms with Gasteiger partial charge in [0.1, 0.15) is 13.2 Å². The number of phosphoric acid groups is 1. The molecule has 9 heteroatoms. The number of hydrogen-bond acceptors (Lipinski definition) is 6. The fraction of sp³-hybridized carbons (Fsp3) is 0.865. The number of rotatable bonds is 47. The van der Waals surface area contributed by atoms with Crippen LogP contribution in [0, 0.1) is 0 Å². The van der Waals surface area contributed by atoms with Crippen molar-refractivity contribution in [1.82, 2.24) is 5.32 Å². The van der Waals surface area contributed by atoms with E-state index in [1.54, 1.807) is 6.08 Å². The molecule has 0 spiro atoms. The highest BCUT2D eigenvalue weighted by atomic mass is 31.2. The second kappa shape index (κ2) is 43.9. The maximum atomic E-state index is 12.9. The number of likely N-dealkylation sites (N-methyl/N-ethyl adjacent to an activating group) is 1. The van der Waals surface area contributed by atoms with E-state index in [1.807, 2.05) is 27.2 Å². The van der Waals surface area contributed by atoms with Crippen molar-refractivity contribution in [2.45, 2.75) is 251 Å². The van der Waals surface area contributed by atoms with Crippen LogP contribution in [0.4, 0.5) is 0 Å². The van der Waals surface area contributed by atoms with Gasteiger partial charge in [-0.1, -0.05) is 211 Å². The van der Waals surface area contributed by atoms with Gasteiger partial charge < -0.3 is 28.8 Å². The monoisotopic (exact) mass is 881 g/mol. The Morgan fingerprint density at radius 1 is 0.557 bits per heavy atom. The van der Waals surface area contributed by atoms with E-state index in [4.69, 9.17) is 9.05 Å². The third-order valence-corrected chi connectivity index (χ3v) is 12.5. The van der Waals surface area contributed by atoms with Gasteiger partial charge in [-0.3, -0.25) is 9.36 Å². The maximum Gasteiger partial charge on any atom is 0.268 e. The summed E-state index contributed by atoms with van der Waals surface area (Å²) in [6, 6.07) is -0.904. The molecule has 3 atom stereocenters. The number of carbonyl (C=O) groups excluding carboxylic acids is 1. The highest BCUT2D eigenvalue weighted by Crippen LogP contribution is 2.38. The second-order valence-electron chi connectivity index (χ2n) is 18.9. The van der Waals surface area contributed by atoms with Crippen LogP contribution in [-0.4, -0.2) is 68.5 Å². The lowest BCUT2D eigenvalue weighted by molar-refractivity contribution is -0.870. The van der Waals surface area contributed by atoms with Crippen LogP contribution in [0.1, 0.15) is 239 Å². The van der Waals surface area contributed by atoms with Crippen molar-refractivity contribution in [2.24, 2.45) is 0 Å². The van der Waals surface area contributed by atoms with Gasteiger partial charge in [0.15, 0.2) is 0 Å². The van der Waals surface area contributed by atoms with Crippen molar-refractivity contribution in [2.75, 3.05) is 40.9 Å². The zero-order chi connectivity index (χ0) is 45.0. The molecule has 0 radical (unpaired) electrons. The predicted octanol–water partition coefficient (Wildman–Crippen LogP) is 14.4. The lowest BCUT2D eigenvalue weighted by Crippen LogP contribution is -2.45. The smallest absolute Gasteiger partial charge is 0.268 e. The first-order valence-corrected chi connectivity index (χ1v) is 27.3. The van der Waals surface area contributed by atoms with Crippen molar-refractivity contribution in [3.63, 3.8) is 0 Å². The number of nitrogens with one attached hydrogen (secondary N) is 1. The summed E-state index contributed by atoms with van der Waals surface area (Å²) in [5, 5.41) is 13.8. The molecule has 360 valence electrons. The topological polar surface area (TPSA) is 108 Å². The summed E-state index contributed by atoms with van der Waals surface area (Å²) in [5.74, 6) is -0.210. The van der Waals surface area contributed by atoms with Crippen molar-refractivity contribution in [3.8, 4) is 0 Å².